The summed E-state index contributed by atoms with van der Waals surface area (Å²) in [5.74, 6) is 2.10. The summed E-state index contributed by atoms with van der Waals surface area (Å²) >= 11 is 0. The first-order valence-electron chi connectivity index (χ1n) is 10.6. The van der Waals surface area contributed by atoms with Crippen molar-refractivity contribution >= 4 is 28.9 Å². The van der Waals surface area contributed by atoms with Crippen molar-refractivity contribution < 1.29 is 13.9 Å². The maximum atomic E-state index is 12.5. The minimum absolute atomic E-state index is 0.207. The van der Waals surface area contributed by atoms with Crippen LogP contribution in [0.4, 0.5) is 17.2 Å². The SMILES string of the molecule is COc1ccc(Nc2cc(C)nc3nc(-c4ccc(C)cc4)nn23)cc1NC(=O)c1ccco1. The van der Waals surface area contributed by atoms with Crippen LogP contribution in [0.2, 0.25) is 0 Å². The van der Waals surface area contributed by atoms with E-state index in [0.717, 1.165) is 16.9 Å². The molecule has 170 valence electrons. The van der Waals surface area contributed by atoms with E-state index in [9.17, 15) is 4.79 Å². The maximum absolute atomic E-state index is 12.5. The van der Waals surface area contributed by atoms with E-state index in [1.54, 1.807) is 35.9 Å². The molecule has 0 bridgehead atoms. The van der Waals surface area contributed by atoms with E-state index in [0.29, 0.717) is 28.9 Å². The van der Waals surface area contributed by atoms with Crippen LogP contribution in [-0.4, -0.2) is 32.6 Å². The second-order valence-electron chi connectivity index (χ2n) is 7.77. The zero-order valence-electron chi connectivity index (χ0n) is 18.9. The molecule has 5 aromatic rings. The standard InChI is InChI=1S/C25H22N6O3/c1-15-6-8-17(9-7-15)23-29-25-26-16(2)13-22(31(25)30-23)27-18-10-11-20(33-3)19(14-18)28-24(32)21-5-4-12-34-21/h4-14,27H,1-3H3,(H,28,32). The Kier molecular flexibility index (Phi) is 5.43. The molecule has 3 aromatic heterocycles. The number of hydrogen-bond donors (Lipinski definition) is 2. The molecule has 0 saturated carbocycles. The normalized spacial score (nSPS) is 10.9. The quantitative estimate of drug-likeness (QED) is 0.372. The number of ether oxygens (including phenoxy) is 1. The van der Waals surface area contributed by atoms with Crippen molar-refractivity contribution in [3.8, 4) is 17.1 Å². The molecule has 0 aliphatic heterocycles. The first-order chi connectivity index (χ1) is 16.5. The monoisotopic (exact) mass is 454 g/mol. The van der Waals surface area contributed by atoms with Crippen LogP contribution in [0, 0.1) is 13.8 Å². The number of fused-ring (bicyclic) bond motifs is 1. The Bertz CT molecular complexity index is 1470. The highest BCUT2D eigenvalue weighted by molar-refractivity contribution is 6.03. The summed E-state index contributed by atoms with van der Waals surface area (Å²) in [6, 6.07) is 18.5. The second kappa shape index (κ2) is 8.70. The summed E-state index contributed by atoms with van der Waals surface area (Å²) in [4.78, 5) is 21.6. The number of hydrogen-bond acceptors (Lipinski definition) is 7. The minimum Gasteiger partial charge on any atom is -0.495 e. The molecule has 0 unspecified atom stereocenters. The van der Waals surface area contributed by atoms with Gasteiger partial charge in [0.1, 0.15) is 11.6 Å². The van der Waals surface area contributed by atoms with Gasteiger partial charge in [0, 0.05) is 23.0 Å². The number of nitrogens with one attached hydrogen (secondary N) is 2. The van der Waals surface area contributed by atoms with Crippen molar-refractivity contribution in [1.82, 2.24) is 19.6 Å². The van der Waals surface area contributed by atoms with Crippen LogP contribution in [-0.2, 0) is 0 Å². The molecule has 0 fully saturated rings. The van der Waals surface area contributed by atoms with Gasteiger partial charge in [-0.2, -0.15) is 9.50 Å². The lowest BCUT2D eigenvalue weighted by molar-refractivity contribution is 0.0996. The fourth-order valence-corrected chi connectivity index (χ4v) is 3.52. The molecule has 0 radical (unpaired) electrons. The fourth-order valence-electron chi connectivity index (χ4n) is 3.52. The zero-order chi connectivity index (χ0) is 23.7. The van der Waals surface area contributed by atoms with Gasteiger partial charge < -0.3 is 19.8 Å². The summed E-state index contributed by atoms with van der Waals surface area (Å²) in [6.07, 6.45) is 1.45. The molecule has 1 amide bonds. The smallest absolute Gasteiger partial charge is 0.291 e. The molecule has 0 spiro atoms. The number of methoxy groups -OCH3 is 1. The number of aromatic nitrogens is 4. The van der Waals surface area contributed by atoms with Gasteiger partial charge in [0.2, 0.25) is 0 Å². The number of carbonyl (C=O) groups excluding carboxylic acids is 1. The van der Waals surface area contributed by atoms with Crippen LogP contribution in [0.15, 0.2) is 71.3 Å². The minimum atomic E-state index is -0.374. The molecule has 0 atom stereocenters. The summed E-state index contributed by atoms with van der Waals surface area (Å²) < 4.78 is 12.2. The van der Waals surface area contributed by atoms with Crippen molar-refractivity contribution in [1.29, 1.82) is 0 Å². The van der Waals surface area contributed by atoms with Crippen LogP contribution in [0.5, 0.6) is 5.75 Å². The maximum Gasteiger partial charge on any atom is 0.291 e. The van der Waals surface area contributed by atoms with E-state index in [1.807, 2.05) is 50.2 Å². The van der Waals surface area contributed by atoms with Crippen molar-refractivity contribution in [2.75, 3.05) is 17.7 Å². The third-order valence-corrected chi connectivity index (χ3v) is 5.22. The first kappa shape index (κ1) is 21.2. The Morgan fingerprint density at radius 1 is 1.03 bits per heavy atom. The molecule has 0 aliphatic rings. The molecular weight excluding hydrogens is 432 g/mol. The van der Waals surface area contributed by atoms with Gasteiger partial charge in [0.15, 0.2) is 11.6 Å². The highest BCUT2D eigenvalue weighted by atomic mass is 16.5. The Morgan fingerprint density at radius 2 is 1.85 bits per heavy atom. The van der Waals surface area contributed by atoms with Crippen LogP contribution in [0.1, 0.15) is 21.8 Å². The summed E-state index contributed by atoms with van der Waals surface area (Å²) in [5.41, 5.74) is 4.08. The van der Waals surface area contributed by atoms with E-state index < -0.39 is 0 Å². The lowest BCUT2D eigenvalue weighted by Crippen LogP contribution is -2.12. The average Bonchev–Trinajstić information content (AvgIpc) is 3.50. The van der Waals surface area contributed by atoms with E-state index >= 15 is 0 Å². The van der Waals surface area contributed by atoms with Gasteiger partial charge >= 0.3 is 0 Å². The van der Waals surface area contributed by atoms with Gasteiger partial charge in [-0.3, -0.25) is 4.79 Å². The number of benzene rings is 2. The highest BCUT2D eigenvalue weighted by Crippen LogP contribution is 2.30. The molecule has 0 aliphatic carbocycles. The lowest BCUT2D eigenvalue weighted by atomic mass is 10.1. The molecule has 3 heterocycles. The Morgan fingerprint density at radius 3 is 2.59 bits per heavy atom. The zero-order valence-corrected chi connectivity index (χ0v) is 18.9. The Labute approximate surface area is 195 Å². The molecular formula is C25H22N6O3. The van der Waals surface area contributed by atoms with Crippen LogP contribution in [0.3, 0.4) is 0 Å². The predicted octanol–water partition coefficient (Wildman–Crippen LogP) is 5.01. The second-order valence-corrected chi connectivity index (χ2v) is 7.77. The number of carbonyl (C=O) groups is 1. The Balaban J connectivity index is 1.48. The van der Waals surface area contributed by atoms with E-state index in [2.05, 4.69) is 25.7 Å². The molecule has 2 aromatic carbocycles. The fraction of sp³-hybridized carbons (Fsp3) is 0.120. The third-order valence-electron chi connectivity index (χ3n) is 5.22. The number of amides is 1. The van der Waals surface area contributed by atoms with E-state index in [1.165, 1.54) is 11.8 Å². The number of furan rings is 1. The number of rotatable bonds is 6. The summed E-state index contributed by atoms with van der Waals surface area (Å²) in [7, 11) is 1.54. The van der Waals surface area contributed by atoms with Crippen LogP contribution >= 0.6 is 0 Å². The largest absolute Gasteiger partial charge is 0.495 e. The van der Waals surface area contributed by atoms with Crippen molar-refractivity contribution in [2.45, 2.75) is 13.8 Å². The molecule has 9 heteroatoms. The molecule has 2 N–H and O–H groups in total. The topological polar surface area (TPSA) is 107 Å². The summed E-state index contributed by atoms with van der Waals surface area (Å²) in [6.45, 7) is 3.93. The van der Waals surface area contributed by atoms with Crippen molar-refractivity contribution in [3.05, 3.63) is 83.9 Å². The van der Waals surface area contributed by atoms with Crippen molar-refractivity contribution in [2.24, 2.45) is 0 Å². The van der Waals surface area contributed by atoms with Crippen LogP contribution < -0.4 is 15.4 Å². The molecule has 9 nitrogen and oxygen atoms in total. The van der Waals surface area contributed by atoms with Gasteiger partial charge in [0.25, 0.3) is 11.7 Å². The summed E-state index contributed by atoms with van der Waals surface area (Å²) in [5, 5.41) is 10.8. The number of anilines is 3. The average molecular weight is 454 g/mol. The lowest BCUT2D eigenvalue weighted by Gasteiger charge is -2.13. The highest BCUT2D eigenvalue weighted by Gasteiger charge is 2.15. The van der Waals surface area contributed by atoms with Gasteiger partial charge in [-0.1, -0.05) is 29.8 Å². The van der Waals surface area contributed by atoms with Gasteiger partial charge in [-0.05, 0) is 44.2 Å². The Hall–Kier alpha value is -4.66. The van der Waals surface area contributed by atoms with Gasteiger partial charge in [-0.15, -0.1) is 5.10 Å². The van der Waals surface area contributed by atoms with Crippen LogP contribution in [0.25, 0.3) is 17.2 Å². The third kappa shape index (κ3) is 4.18. The molecule has 0 saturated heterocycles. The molecule has 34 heavy (non-hydrogen) atoms. The van der Waals surface area contributed by atoms with Crippen molar-refractivity contribution in [3.63, 3.8) is 0 Å². The number of nitrogens with zero attached hydrogens (tertiary/aromatic N) is 4. The predicted molar refractivity (Wildman–Crippen MR) is 129 cm³/mol. The van der Waals surface area contributed by atoms with E-state index in [4.69, 9.17) is 9.15 Å². The first-order valence-corrected chi connectivity index (χ1v) is 10.6. The molecule has 5 rings (SSSR count). The van der Waals surface area contributed by atoms with Gasteiger partial charge in [-0.25, -0.2) is 4.98 Å². The van der Waals surface area contributed by atoms with Gasteiger partial charge in [0.05, 0.1) is 19.1 Å². The van der Waals surface area contributed by atoms with E-state index in [-0.39, 0.29) is 11.7 Å². The number of aryl methyl sites for hydroxylation is 2.